The third-order valence-electron chi connectivity index (χ3n) is 7.05. The van der Waals surface area contributed by atoms with E-state index in [9.17, 15) is 19.7 Å². The van der Waals surface area contributed by atoms with Crippen LogP contribution in [-0.2, 0) is 9.59 Å². The van der Waals surface area contributed by atoms with Crippen molar-refractivity contribution < 1.29 is 18.9 Å². The molecule has 0 unspecified atom stereocenters. The molecule has 1 N–H and O–H groups in total. The molecule has 1 amide bonds. The molecule has 0 bridgehead atoms. The Labute approximate surface area is 215 Å². The summed E-state index contributed by atoms with van der Waals surface area (Å²) in [5.74, 6) is 0.834. The van der Waals surface area contributed by atoms with Gasteiger partial charge in [0.15, 0.2) is 5.78 Å². The van der Waals surface area contributed by atoms with Crippen molar-refractivity contribution in [3.05, 3.63) is 87.3 Å². The van der Waals surface area contributed by atoms with E-state index in [-0.39, 0.29) is 29.2 Å². The summed E-state index contributed by atoms with van der Waals surface area (Å²) in [5.41, 5.74) is 3.98. The lowest BCUT2D eigenvalue weighted by Crippen LogP contribution is -2.39. The van der Waals surface area contributed by atoms with Gasteiger partial charge in [-0.2, -0.15) is 0 Å². The Hall–Kier alpha value is -4.20. The molecule has 0 radical (unpaired) electrons. The zero-order valence-electron chi connectivity index (χ0n) is 21.3. The number of aryl methyl sites for hydroxylation is 1. The van der Waals surface area contributed by atoms with E-state index in [0.717, 1.165) is 11.4 Å². The average Bonchev–Trinajstić information content (AvgIpc) is 3.26. The second-order valence-corrected chi connectivity index (χ2v) is 10.5. The molecule has 5 rings (SSSR count). The molecule has 1 atom stereocenters. The van der Waals surface area contributed by atoms with Gasteiger partial charge in [-0.3, -0.25) is 24.6 Å². The number of nitro benzene ring substituents is 1. The highest BCUT2D eigenvalue weighted by atomic mass is 16.6. The fourth-order valence-corrected chi connectivity index (χ4v) is 5.38. The summed E-state index contributed by atoms with van der Waals surface area (Å²) in [6, 6.07) is 15.0. The van der Waals surface area contributed by atoms with Crippen LogP contribution in [0.25, 0.3) is 11.3 Å². The first-order valence-corrected chi connectivity index (χ1v) is 12.4. The Morgan fingerprint density at radius 1 is 1.16 bits per heavy atom. The Bertz CT molecular complexity index is 1470. The molecule has 8 heteroatoms. The van der Waals surface area contributed by atoms with Crippen molar-refractivity contribution in [2.24, 2.45) is 5.41 Å². The van der Waals surface area contributed by atoms with Gasteiger partial charge in [-0.05, 0) is 54.7 Å². The molecular formula is C29H29N3O5. The number of anilines is 2. The number of hydrogen-bond donors (Lipinski definition) is 1. The van der Waals surface area contributed by atoms with E-state index in [0.29, 0.717) is 46.7 Å². The van der Waals surface area contributed by atoms with Crippen LogP contribution in [0.2, 0.25) is 0 Å². The van der Waals surface area contributed by atoms with Gasteiger partial charge in [0.05, 0.1) is 16.3 Å². The number of carbonyl (C=O) groups excluding carboxylic acids is 2. The van der Waals surface area contributed by atoms with Crippen molar-refractivity contribution in [2.75, 3.05) is 10.2 Å². The second kappa shape index (κ2) is 9.03. The van der Waals surface area contributed by atoms with Crippen LogP contribution in [0.5, 0.6) is 0 Å². The minimum atomic E-state index is -0.741. The van der Waals surface area contributed by atoms with Gasteiger partial charge in [0.1, 0.15) is 17.6 Å². The number of benzene rings is 2. The number of ketones is 1. The Balaban J connectivity index is 1.70. The molecule has 0 saturated carbocycles. The van der Waals surface area contributed by atoms with Gasteiger partial charge >= 0.3 is 0 Å². The highest BCUT2D eigenvalue weighted by Gasteiger charge is 2.44. The maximum Gasteiger partial charge on any atom is 0.269 e. The van der Waals surface area contributed by atoms with Crippen molar-refractivity contribution in [2.45, 2.75) is 53.0 Å². The van der Waals surface area contributed by atoms with E-state index in [4.69, 9.17) is 4.42 Å². The monoisotopic (exact) mass is 499 g/mol. The van der Waals surface area contributed by atoms with Gasteiger partial charge in [-0.15, -0.1) is 0 Å². The maximum atomic E-state index is 13.7. The molecule has 0 saturated heterocycles. The molecule has 1 aliphatic carbocycles. The fraction of sp³-hybridized carbons (Fsp3) is 0.310. The van der Waals surface area contributed by atoms with Crippen molar-refractivity contribution in [1.29, 1.82) is 0 Å². The number of hydrogen-bond acceptors (Lipinski definition) is 6. The third-order valence-corrected chi connectivity index (χ3v) is 7.05. The highest BCUT2D eigenvalue weighted by Crippen LogP contribution is 2.49. The summed E-state index contributed by atoms with van der Waals surface area (Å²) in [4.78, 5) is 39.6. The summed E-state index contributed by atoms with van der Waals surface area (Å²) >= 11 is 0. The van der Waals surface area contributed by atoms with Crippen LogP contribution < -0.4 is 10.2 Å². The van der Waals surface area contributed by atoms with Gasteiger partial charge in [0, 0.05) is 41.8 Å². The lowest BCUT2D eigenvalue weighted by Gasteiger charge is -2.36. The summed E-state index contributed by atoms with van der Waals surface area (Å²) in [7, 11) is 0. The van der Waals surface area contributed by atoms with E-state index >= 15 is 0 Å². The van der Waals surface area contributed by atoms with E-state index in [1.165, 1.54) is 12.1 Å². The number of nitrogens with zero attached hydrogens (tertiary/aromatic N) is 2. The summed E-state index contributed by atoms with van der Waals surface area (Å²) in [6.45, 7) is 7.73. The molecule has 2 heterocycles. The Kier molecular flexibility index (Phi) is 5.98. The van der Waals surface area contributed by atoms with E-state index < -0.39 is 11.0 Å². The Morgan fingerprint density at radius 2 is 1.92 bits per heavy atom. The van der Waals surface area contributed by atoms with E-state index in [1.54, 1.807) is 36.9 Å². The van der Waals surface area contributed by atoms with Crippen molar-refractivity contribution in [3.8, 4) is 11.3 Å². The minimum absolute atomic E-state index is 0.00408. The first-order valence-electron chi connectivity index (χ1n) is 12.4. The predicted molar refractivity (Wildman–Crippen MR) is 141 cm³/mol. The van der Waals surface area contributed by atoms with Crippen LogP contribution in [-0.4, -0.2) is 16.6 Å². The van der Waals surface area contributed by atoms with Crippen LogP contribution in [0.3, 0.4) is 0 Å². The first kappa shape index (κ1) is 24.5. The lowest BCUT2D eigenvalue weighted by molar-refractivity contribution is -0.384. The number of fused-ring (bicyclic) bond motifs is 1. The summed E-state index contributed by atoms with van der Waals surface area (Å²) in [6.07, 6.45) is 1.27. The molecule has 0 fully saturated rings. The standard InChI is InChI=1S/C29H29N3O5/c1-5-26(34)31-22-9-7-6-8-20(22)30-21-15-29(3,4)16-23(33)27(21)28(31)25-13-12-24(37-25)19-11-10-18(32(35)36)14-17(19)2/h6-14,28,30H,5,15-16H2,1-4H3/t28-/m0/s1. The lowest BCUT2D eigenvalue weighted by atomic mass is 9.74. The van der Waals surface area contributed by atoms with Gasteiger partial charge in [-0.1, -0.05) is 32.9 Å². The zero-order valence-corrected chi connectivity index (χ0v) is 21.3. The van der Waals surface area contributed by atoms with E-state index in [2.05, 4.69) is 19.2 Å². The number of non-ortho nitro benzene ring substituents is 1. The smallest absolute Gasteiger partial charge is 0.269 e. The number of amides is 1. The van der Waals surface area contributed by atoms with Crippen molar-refractivity contribution in [1.82, 2.24) is 0 Å². The number of carbonyl (C=O) groups is 2. The van der Waals surface area contributed by atoms with Crippen LogP contribution in [0.15, 0.2) is 70.3 Å². The maximum absolute atomic E-state index is 13.7. The summed E-state index contributed by atoms with van der Waals surface area (Å²) < 4.78 is 6.36. The first-order chi connectivity index (χ1) is 17.6. The number of nitrogens with one attached hydrogen (secondary N) is 1. The largest absolute Gasteiger partial charge is 0.458 e. The highest BCUT2D eigenvalue weighted by molar-refractivity contribution is 6.06. The summed E-state index contributed by atoms with van der Waals surface area (Å²) in [5, 5.41) is 14.7. The van der Waals surface area contributed by atoms with Crippen LogP contribution >= 0.6 is 0 Å². The SMILES string of the molecule is CCC(=O)N1c2ccccc2NC2=C(C(=O)CC(C)(C)C2)[C@@H]1c1ccc(-c2ccc([N+](=O)[O-])cc2C)o1. The fourth-order valence-electron chi connectivity index (χ4n) is 5.38. The predicted octanol–water partition coefficient (Wildman–Crippen LogP) is 6.72. The molecular weight excluding hydrogens is 470 g/mol. The van der Waals surface area contributed by atoms with Crippen LogP contribution in [0.1, 0.15) is 57.4 Å². The van der Waals surface area contributed by atoms with Crippen molar-refractivity contribution in [3.63, 3.8) is 0 Å². The minimum Gasteiger partial charge on any atom is -0.458 e. The van der Waals surface area contributed by atoms with Gasteiger partial charge in [0.25, 0.3) is 5.69 Å². The quantitative estimate of drug-likeness (QED) is 0.316. The van der Waals surface area contributed by atoms with Gasteiger partial charge in [0.2, 0.25) is 5.91 Å². The van der Waals surface area contributed by atoms with Crippen LogP contribution in [0.4, 0.5) is 17.1 Å². The molecule has 2 aliphatic rings. The number of nitro groups is 1. The number of furan rings is 1. The average molecular weight is 500 g/mol. The zero-order chi connectivity index (χ0) is 26.5. The molecule has 2 aromatic carbocycles. The normalized spacial score (nSPS) is 18.5. The molecule has 0 spiro atoms. The van der Waals surface area contributed by atoms with Crippen molar-refractivity contribution >= 4 is 28.8 Å². The van der Waals surface area contributed by atoms with E-state index in [1.807, 2.05) is 24.3 Å². The number of rotatable bonds is 4. The third kappa shape index (κ3) is 4.33. The molecule has 8 nitrogen and oxygen atoms in total. The molecule has 190 valence electrons. The molecule has 3 aromatic rings. The number of allylic oxidation sites excluding steroid dienone is 1. The second-order valence-electron chi connectivity index (χ2n) is 10.5. The van der Waals surface area contributed by atoms with Gasteiger partial charge < -0.3 is 9.73 Å². The topological polar surface area (TPSA) is 106 Å². The number of para-hydroxylation sites is 2. The number of Topliss-reactive ketones (excluding diaryl/α,β-unsaturated/α-hetero) is 1. The Morgan fingerprint density at radius 3 is 2.62 bits per heavy atom. The molecule has 1 aliphatic heterocycles. The molecule has 37 heavy (non-hydrogen) atoms. The van der Waals surface area contributed by atoms with Crippen LogP contribution in [0, 0.1) is 22.5 Å². The van der Waals surface area contributed by atoms with Gasteiger partial charge in [-0.25, -0.2) is 0 Å². The molecule has 1 aromatic heterocycles.